The van der Waals surface area contributed by atoms with Crippen LogP contribution in [0.4, 0.5) is 5.69 Å². The van der Waals surface area contributed by atoms with E-state index in [1.807, 2.05) is 0 Å². The van der Waals surface area contributed by atoms with Gasteiger partial charge in [0.1, 0.15) is 22.8 Å². The zero-order chi connectivity index (χ0) is 33.0. The number of nitrogens with zero attached hydrogens (tertiary/aromatic N) is 1. The number of primary amides is 1. The number of aromatic hydroxyl groups is 1. The number of aliphatic hydroxyl groups is 4. The van der Waals surface area contributed by atoms with Crippen LogP contribution in [0.3, 0.4) is 0 Å². The van der Waals surface area contributed by atoms with Gasteiger partial charge in [0.2, 0.25) is 11.8 Å². The summed E-state index contributed by atoms with van der Waals surface area (Å²) in [6.45, 7) is 4.49. The summed E-state index contributed by atoms with van der Waals surface area (Å²) in [7, 11) is 2.83. The predicted molar refractivity (Wildman–Crippen MR) is 151 cm³/mol. The number of hydrogen-bond donors (Lipinski definition) is 7. The number of ether oxygens (including phenoxy) is 2. The number of fused-ring (bicyclic) bond motifs is 3. The first-order valence-corrected chi connectivity index (χ1v) is 13.9. The molecular weight excluding hydrogens is 582 g/mol. The molecular formula is C29H35N3O12. The van der Waals surface area contributed by atoms with E-state index in [9.17, 15) is 49.5 Å². The summed E-state index contributed by atoms with van der Waals surface area (Å²) in [5.41, 5.74) is 0.336. The van der Waals surface area contributed by atoms with Crippen LogP contribution in [0, 0.1) is 11.8 Å². The third-order valence-corrected chi connectivity index (χ3v) is 8.47. The first-order chi connectivity index (χ1) is 20.6. The summed E-state index contributed by atoms with van der Waals surface area (Å²) < 4.78 is 9.86. The minimum absolute atomic E-state index is 0.0637. The molecule has 0 aromatic heterocycles. The standard InChI is InChI=1S/C29H35N3O12/c1-6-43-27(40)18(28(41)44-7-2)31-12-9-8-11-10(3)13-15(21(34)14(11)20(12)33)24(37)29(42)17(22(13)35)19(32(4)5)23(36)16(25(29)38)26(30)39/h8-10,13,17-19,22,31,33-35,38,42H,6-7H2,1-5H3,(H2,30,39). The van der Waals surface area contributed by atoms with Crippen molar-refractivity contribution >= 4 is 40.9 Å². The van der Waals surface area contributed by atoms with E-state index in [2.05, 4.69) is 5.32 Å². The molecule has 0 bridgehead atoms. The maximum Gasteiger partial charge on any atom is 0.340 e. The quantitative estimate of drug-likeness (QED) is 0.0834. The number of anilines is 1. The van der Waals surface area contributed by atoms with E-state index in [-0.39, 0.29) is 30.0 Å². The maximum atomic E-state index is 14.1. The predicted octanol–water partition coefficient (Wildman–Crippen LogP) is -0.597. The lowest BCUT2D eigenvalue weighted by molar-refractivity contribution is -0.169. The fraction of sp³-hybridized carbons (Fsp3) is 0.483. The van der Waals surface area contributed by atoms with Gasteiger partial charge in [0.25, 0.3) is 5.91 Å². The number of hydrogen-bond acceptors (Lipinski definition) is 14. The van der Waals surface area contributed by atoms with E-state index in [0.29, 0.717) is 0 Å². The van der Waals surface area contributed by atoms with Gasteiger partial charge in [-0.1, -0.05) is 13.0 Å². The summed E-state index contributed by atoms with van der Waals surface area (Å²) >= 11 is 0. The number of carbonyl (C=O) groups excluding carboxylic acids is 5. The molecule has 8 N–H and O–H groups in total. The van der Waals surface area contributed by atoms with Gasteiger partial charge >= 0.3 is 11.9 Å². The summed E-state index contributed by atoms with van der Waals surface area (Å²) in [6, 6.07) is -0.447. The number of likely N-dealkylation sites (N-methyl/N-ethyl adjacent to an activating group) is 1. The molecule has 0 spiro atoms. The zero-order valence-corrected chi connectivity index (χ0v) is 24.7. The highest BCUT2D eigenvalue weighted by Crippen LogP contribution is 2.56. The van der Waals surface area contributed by atoms with Crippen LogP contribution < -0.4 is 11.1 Å². The lowest BCUT2D eigenvalue weighted by Gasteiger charge is -2.53. The molecule has 3 aliphatic carbocycles. The van der Waals surface area contributed by atoms with E-state index in [1.165, 1.54) is 45.0 Å². The second kappa shape index (κ2) is 11.6. The molecule has 0 aliphatic heterocycles. The first kappa shape index (κ1) is 32.4. The number of carbonyl (C=O) groups is 5. The second-order valence-corrected chi connectivity index (χ2v) is 11.1. The van der Waals surface area contributed by atoms with Gasteiger partial charge in [0.15, 0.2) is 11.4 Å². The van der Waals surface area contributed by atoms with E-state index in [4.69, 9.17) is 15.2 Å². The molecule has 3 aliphatic rings. The van der Waals surface area contributed by atoms with Crippen LogP contribution in [0.25, 0.3) is 5.76 Å². The lowest BCUT2D eigenvalue weighted by atomic mass is 9.54. The Bertz CT molecular complexity index is 1500. The van der Waals surface area contributed by atoms with Crippen molar-refractivity contribution in [3.05, 3.63) is 40.2 Å². The number of nitrogens with one attached hydrogen (secondary N) is 1. The molecule has 1 aromatic rings. The molecule has 15 heteroatoms. The van der Waals surface area contributed by atoms with Crippen molar-refractivity contribution in [2.24, 2.45) is 17.6 Å². The van der Waals surface area contributed by atoms with Gasteiger partial charge in [-0.15, -0.1) is 0 Å². The highest BCUT2D eigenvalue weighted by molar-refractivity contribution is 6.24. The normalized spacial score (nSPS) is 28.0. The van der Waals surface area contributed by atoms with Gasteiger partial charge in [-0.25, -0.2) is 9.59 Å². The Kier molecular flexibility index (Phi) is 8.52. The molecule has 4 rings (SSSR count). The Morgan fingerprint density at radius 2 is 1.64 bits per heavy atom. The second-order valence-electron chi connectivity index (χ2n) is 11.1. The Morgan fingerprint density at radius 1 is 1.07 bits per heavy atom. The molecule has 44 heavy (non-hydrogen) atoms. The highest BCUT2D eigenvalue weighted by Gasteiger charge is 2.68. The van der Waals surface area contributed by atoms with Gasteiger partial charge in [-0.3, -0.25) is 19.3 Å². The van der Waals surface area contributed by atoms with Crippen molar-refractivity contribution in [1.82, 2.24) is 4.90 Å². The first-order valence-electron chi connectivity index (χ1n) is 13.9. The van der Waals surface area contributed by atoms with Crippen LogP contribution in [0.2, 0.25) is 0 Å². The number of Topliss-reactive ketones (excluding diaryl/α,β-unsaturated/α-hetero) is 2. The Hall–Kier alpha value is -4.47. The van der Waals surface area contributed by atoms with Gasteiger partial charge in [-0.05, 0) is 45.5 Å². The molecule has 0 radical (unpaired) electrons. The summed E-state index contributed by atoms with van der Waals surface area (Å²) in [6.07, 6.45) is -1.75. The van der Waals surface area contributed by atoms with Crippen molar-refractivity contribution in [2.75, 3.05) is 32.6 Å². The van der Waals surface area contributed by atoms with Crippen LogP contribution in [0.5, 0.6) is 5.75 Å². The Balaban J connectivity index is 1.92. The van der Waals surface area contributed by atoms with Gasteiger partial charge in [0.05, 0.1) is 42.5 Å². The number of benzene rings is 1. The zero-order valence-electron chi connectivity index (χ0n) is 24.7. The van der Waals surface area contributed by atoms with Crippen LogP contribution in [-0.2, 0) is 33.4 Å². The molecule has 6 atom stereocenters. The van der Waals surface area contributed by atoms with Gasteiger partial charge in [0, 0.05) is 11.5 Å². The summed E-state index contributed by atoms with van der Waals surface area (Å²) in [4.78, 5) is 65.8. The van der Waals surface area contributed by atoms with Crippen molar-refractivity contribution in [3.8, 4) is 5.75 Å². The Morgan fingerprint density at radius 3 is 2.14 bits per heavy atom. The number of rotatable bonds is 8. The van der Waals surface area contributed by atoms with Crippen molar-refractivity contribution in [3.63, 3.8) is 0 Å². The number of nitrogens with two attached hydrogens (primary N) is 1. The molecule has 0 saturated heterocycles. The monoisotopic (exact) mass is 617 g/mol. The van der Waals surface area contributed by atoms with E-state index < -0.39 is 99.4 Å². The van der Waals surface area contributed by atoms with Crippen LogP contribution in [0.15, 0.2) is 29.0 Å². The van der Waals surface area contributed by atoms with Crippen LogP contribution in [-0.4, -0.2) is 111 Å². The SMILES string of the molecule is CCOC(=O)C(Nc1ccc2c(c1O)C(O)=C1C(=O)C3(O)C(O)=C(C(N)=O)C(=O)C(N(C)C)C3C(O)C1C2C)C(=O)OCC. The minimum Gasteiger partial charge on any atom is -0.508 e. The van der Waals surface area contributed by atoms with Crippen LogP contribution >= 0.6 is 0 Å². The van der Waals surface area contributed by atoms with Crippen molar-refractivity contribution in [2.45, 2.75) is 50.5 Å². The molecule has 1 aromatic carbocycles. The average molecular weight is 618 g/mol. The molecule has 1 amide bonds. The molecule has 15 nitrogen and oxygen atoms in total. The maximum absolute atomic E-state index is 14.1. The summed E-state index contributed by atoms with van der Waals surface area (Å²) in [5, 5.41) is 59.7. The average Bonchev–Trinajstić information content (AvgIpc) is 2.94. The van der Waals surface area contributed by atoms with Gasteiger partial charge < -0.3 is 46.1 Å². The number of phenolic OH excluding ortho intramolecular Hbond substituents is 1. The fourth-order valence-electron chi connectivity index (χ4n) is 6.55. The number of amides is 1. The molecule has 1 fully saturated rings. The third-order valence-electron chi connectivity index (χ3n) is 8.47. The van der Waals surface area contributed by atoms with Crippen molar-refractivity contribution < 1.29 is 59.0 Å². The lowest BCUT2D eigenvalue weighted by Crippen LogP contribution is -2.70. The molecule has 0 heterocycles. The van der Waals surface area contributed by atoms with E-state index in [0.717, 1.165) is 0 Å². The fourth-order valence-corrected chi connectivity index (χ4v) is 6.55. The molecule has 6 unspecified atom stereocenters. The number of ketones is 2. The van der Waals surface area contributed by atoms with Gasteiger partial charge in [-0.2, -0.15) is 0 Å². The number of aliphatic hydroxyl groups excluding tert-OH is 3. The number of esters is 2. The highest BCUT2D eigenvalue weighted by atomic mass is 16.6. The Labute approximate surface area is 251 Å². The summed E-state index contributed by atoms with van der Waals surface area (Å²) in [5.74, 6) is -12.5. The third kappa shape index (κ3) is 4.58. The smallest absolute Gasteiger partial charge is 0.340 e. The molecule has 1 saturated carbocycles. The molecule has 238 valence electrons. The van der Waals surface area contributed by atoms with E-state index >= 15 is 0 Å². The van der Waals surface area contributed by atoms with Crippen molar-refractivity contribution in [1.29, 1.82) is 0 Å². The number of phenols is 1. The minimum atomic E-state index is -3.06. The van der Waals surface area contributed by atoms with Crippen LogP contribution in [0.1, 0.15) is 37.8 Å². The van der Waals surface area contributed by atoms with E-state index in [1.54, 1.807) is 6.92 Å². The largest absolute Gasteiger partial charge is 0.508 e. The topological polar surface area (TPSA) is 246 Å².